The van der Waals surface area contributed by atoms with Crippen LogP contribution >= 0.6 is 0 Å². The van der Waals surface area contributed by atoms with E-state index in [0.717, 1.165) is 0 Å². The largest absolute Gasteiger partial charge is 0.645 e. The molecule has 0 aromatic carbocycles. The Labute approximate surface area is 28.7 Å². The molecule has 1 rings (SSSR count). The van der Waals surface area contributed by atoms with E-state index in [1.165, 1.54) is 0 Å². The number of carbonyl (C=O) groups excluding carboxylic acids is 1. The zero-order chi connectivity index (χ0) is 3.86. The van der Waals surface area contributed by atoms with Gasteiger partial charge in [-0.2, -0.15) is 0 Å². The van der Waals surface area contributed by atoms with Crippen molar-refractivity contribution in [2.75, 3.05) is 0 Å². The molecule has 1 N–H and O–H groups in total. The van der Waals surface area contributed by atoms with Gasteiger partial charge in [-0.05, 0) is 0 Å². The molecule has 0 aromatic rings. The van der Waals surface area contributed by atoms with Crippen LogP contribution in [0.1, 0.15) is 0 Å². The van der Waals surface area contributed by atoms with Crippen LogP contribution in [0, 0.1) is 0 Å². The van der Waals surface area contributed by atoms with E-state index in [1.807, 2.05) is 0 Å². The molecule has 4 heteroatoms. The third-order valence-corrected chi connectivity index (χ3v) is 0.372. The van der Waals surface area contributed by atoms with E-state index >= 15 is 0 Å². The lowest BCUT2D eigenvalue weighted by molar-refractivity contribution is 0.249. The first kappa shape index (κ1) is 2.72. The van der Waals surface area contributed by atoms with Crippen LogP contribution < -0.4 is 0 Å². The van der Waals surface area contributed by atoms with Crippen molar-refractivity contribution in [1.29, 1.82) is 0 Å². The third-order valence-electron chi connectivity index (χ3n) is 0.372. The van der Waals surface area contributed by atoms with Crippen LogP contribution in [0.4, 0.5) is 4.79 Å². The highest BCUT2D eigenvalue weighted by molar-refractivity contribution is 6.92. The molecule has 1 aliphatic heterocycles. The number of rotatable bonds is 0. The molecule has 0 aromatic heterocycles. The maximum atomic E-state index is 9.41. The van der Waals surface area contributed by atoms with E-state index in [0.29, 0.717) is 0 Å². The van der Waals surface area contributed by atoms with Gasteiger partial charge in [0.15, 0.2) is 0 Å². The van der Waals surface area contributed by atoms with E-state index in [1.54, 1.807) is 0 Å². The maximum absolute atomic E-state index is 9.41. The molecule has 0 radical (unpaired) electrons. The zero-order valence-corrected chi connectivity index (χ0v) is 2.34. The van der Waals surface area contributed by atoms with Gasteiger partial charge in [0.05, 0.1) is 0 Å². The normalized spacial score (nSPS) is 18.6. The molecule has 1 saturated heterocycles. The average Bonchev–Trinajstić information content (AvgIpc) is 1.79. The van der Waals surface area contributed by atoms with E-state index in [4.69, 9.17) is 5.02 Å². The Morgan fingerprint density at radius 3 is 2.20 bits per heavy atom. The lowest BCUT2D eigenvalue weighted by Crippen LogP contribution is -1.84. The minimum Gasteiger partial charge on any atom is -0.504 e. The van der Waals surface area contributed by atoms with Crippen molar-refractivity contribution >= 4 is 13.0 Å². The highest BCUT2D eigenvalue weighted by Crippen LogP contribution is 2.01. The molecule has 0 unspecified atom stereocenters. The minimum absolute atomic E-state index is 0.523. The maximum Gasteiger partial charge on any atom is 0.645 e. The second-order valence-electron chi connectivity index (χ2n) is 0.789. The van der Waals surface area contributed by atoms with Gasteiger partial charge in [0.1, 0.15) is 0 Å². The molecule has 1 fully saturated rings. The van der Waals surface area contributed by atoms with E-state index in [9.17, 15) is 4.79 Å². The Hall–Kier alpha value is -0.505. The molecular formula is CHBO3. The van der Waals surface area contributed by atoms with Crippen molar-refractivity contribution in [3.63, 3.8) is 0 Å². The van der Waals surface area contributed by atoms with Gasteiger partial charge in [-0.15, -0.1) is 0 Å². The first-order valence-electron chi connectivity index (χ1n) is 1.19. The fourth-order valence-electron chi connectivity index (χ4n) is 0.0760. The van der Waals surface area contributed by atoms with E-state index < -0.39 is 13.0 Å². The van der Waals surface area contributed by atoms with Gasteiger partial charge in [0.2, 0.25) is 0 Å². The Kier molecular flexibility index (Phi) is 0.280. The number of hydrogen-bond donors (Lipinski definition) is 1. The summed E-state index contributed by atoms with van der Waals surface area (Å²) in [7, 11) is -1.09. The summed E-state index contributed by atoms with van der Waals surface area (Å²) in [6.07, 6.45) is 0. The summed E-state index contributed by atoms with van der Waals surface area (Å²) >= 11 is 0. The molecule has 0 amide bonds. The molecule has 0 saturated carbocycles. The van der Waals surface area contributed by atoms with Crippen LogP contribution in [0.3, 0.4) is 0 Å². The van der Waals surface area contributed by atoms with Crippen molar-refractivity contribution in [2.24, 2.45) is 0 Å². The summed E-state index contributed by atoms with van der Waals surface area (Å²) < 4.78 is 3.83. The van der Waals surface area contributed by atoms with Crippen molar-refractivity contribution in [1.82, 2.24) is 0 Å². The Balaban J connectivity index is 2.47. The zero-order valence-electron chi connectivity index (χ0n) is 2.34. The monoisotopic (exact) mass is 72.0 g/mol. The lowest BCUT2D eigenvalue weighted by Gasteiger charge is -1.43. The van der Waals surface area contributed by atoms with Crippen molar-refractivity contribution < 1.29 is 14.5 Å². The average molecular weight is 71.8 g/mol. The van der Waals surface area contributed by atoms with Gasteiger partial charge in [-0.25, -0.2) is 0 Å². The highest BCUT2D eigenvalue weighted by atomic mass is 16.7. The molecule has 26 valence electrons. The predicted octanol–water partition coefficient (Wildman–Crippen LogP) is -0.801. The number of carbonyl (C=O) groups is 1. The lowest BCUT2D eigenvalue weighted by atomic mass is 10.1. The molecule has 0 aliphatic carbocycles. The second kappa shape index (κ2) is 0.516. The first-order chi connectivity index (χ1) is 2.30. The smallest absolute Gasteiger partial charge is 0.504 e. The minimum atomic E-state index is -1.09. The standard InChI is InChI=1S/CHBO3/c3-1-2(4)5-1/h4H. The van der Waals surface area contributed by atoms with Crippen molar-refractivity contribution in [3.05, 3.63) is 0 Å². The molecule has 5 heavy (non-hydrogen) atoms. The van der Waals surface area contributed by atoms with Gasteiger partial charge in [-0.1, -0.05) is 0 Å². The third kappa shape index (κ3) is 0.259. The van der Waals surface area contributed by atoms with E-state index in [-0.39, 0.29) is 0 Å². The Morgan fingerprint density at radius 1 is 2.00 bits per heavy atom. The summed E-state index contributed by atoms with van der Waals surface area (Å²) in [5, 5.41) is 7.86. The summed E-state index contributed by atoms with van der Waals surface area (Å²) in [4.78, 5) is 9.41. The predicted molar refractivity (Wildman–Crippen MR) is 14.5 cm³/mol. The van der Waals surface area contributed by atoms with Crippen LogP contribution in [0.2, 0.25) is 0 Å². The summed E-state index contributed by atoms with van der Waals surface area (Å²) in [6.45, 7) is 0. The fraction of sp³-hybridized carbons (Fsp3) is 0. The number of hydrogen-bond acceptors (Lipinski definition) is 3. The highest BCUT2D eigenvalue weighted by Gasteiger charge is 2.45. The molecule has 0 atom stereocenters. The summed E-state index contributed by atoms with van der Waals surface area (Å²) in [5.41, 5.74) is 0. The van der Waals surface area contributed by atoms with Gasteiger partial charge in [0.25, 0.3) is 0 Å². The van der Waals surface area contributed by atoms with Gasteiger partial charge >= 0.3 is 13.0 Å². The van der Waals surface area contributed by atoms with Crippen LogP contribution in [-0.4, -0.2) is 18.0 Å². The topological polar surface area (TPSA) is 49.8 Å². The fourth-order valence-corrected chi connectivity index (χ4v) is 0.0760. The van der Waals surface area contributed by atoms with Crippen LogP contribution in [0.15, 0.2) is 0 Å². The van der Waals surface area contributed by atoms with Crippen LogP contribution in [0.25, 0.3) is 0 Å². The summed E-state index contributed by atoms with van der Waals surface area (Å²) in [6, 6.07) is 0. The Bertz CT molecular complexity index is 69.3. The van der Waals surface area contributed by atoms with Crippen molar-refractivity contribution in [3.8, 4) is 0 Å². The van der Waals surface area contributed by atoms with E-state index in [2.05, 4.69) is 4.65 Å². The van der Waals surface area contributed by atoms with Gasteiger partial charge in [-0.3, -0.25) is 4.79 Å². The van der Waals surface area contributed by atoms with Crippen molar-refractivity contribution in [2.45, 2.75) is 0 Å². The summed E-state index contributed by atoms with van der Waals surface area (Å²) in [5.74, 6) is -0.523. The van der Waals surface area contributed by atoms with Crippen LogP contribution in [0.5, 0.6) is 0 Å². The van der Waals surface area contributed by atoms with Crippen LogP contribution in [-0.2, 0) is 4.65 Å². The SMILES string of the molecule is O=C1OB1O. The van der Waals surface area contributed by atoms with Gasteiger partial charge < -0.3 is 9.68 Å². The molecule has 3 nitrogen and oxygen atoms in total. The molecule has 1 aliphatic rings. The van der Waals surface area contributed by atoms with Gasteiger partial charge in [0, 0.05) is 0 Å². The Morgan fingerprint density at radius 2 is 2.20 bits per heavy atom. The molecule has 0 spiro atoms. The second-order valence-corrected chi connectivity index (χ2v) is 0.789. The molecule has 0 bridgehead atoms. The first-order valence-corrected chi connectivity index (χ1v) is 1.19. The quantitative estimate of drug-likeness (QED) is 0.301. The molecule has 1 heterocycles. The molecular weight excluding hydrogens is 70.8 g/mol.